The van der Waals surface area contributed by atoms with Crippen molar-refractivity contribution in [1.82, 2.24) is 0 Å². The number of carbonyl (C=O) groups is 1. The highest BCUT2D eigenvalue weighted by molar-refractivity contribution is 5.56. The average molecular weight is 431 g/mol. The average Bonchev–Trinajstić information content (AvgIpc) is 3.36. The molecule has 2 N–H and O–H groups in total. The molecule has 4 heteroatoms. The second-order valence-corrected chi connectivity index (χ2v) is 13.7. The van der Waals surface area contributed by atoms with Crippen LogP contribution in [-0.4, -0.2) is 40.9 Å². The third-order valence-electron chi connectivity index (χ3n) is 13.0. The van der Waals surface area contributed by atoms with E-state index in [2.05, 4.69) is 34.6 Å². The molecule has 1 heterocycles. The van der Waals surface area contributed by atoms with Gasteiger partial charge in [0.25, 0.3) is 0 Å². The van der Waals surface area contributed by atoms with E-state index in [1.54, 1.807) is 0 Å². The Labute approximate surface area is 187 Å². The fraction of sp³-hybridized carbons (Fsp3) is 0.963. The number of carbonyl (C=O) groups excluding carboxylic acids is 1. The molecule has 0 aromatic carbocycles. The van der Waals surface area contributed by atoms with Gasteiger partial charge >= 0.3 is 0 Å². The maximum Gasteiger partial charge on any atom is 0.148 e. The van der Waals surface area contributed by atoms with Crippen molar-refractivity contribution < 1.29 is 19.7 Å². The Morgan fingerprint density at radius 2 is 1.61 bits per heavy atom. The van der Waals surface area contributed by atoms with Gasteiger partial charge in [0, 0.05) is 5.41 Å². The first kappa shape index (κ1) is 21.1. The van der Waals surface area contributed by atoms with Crippen LogP contribution < -0.4 is 0 Å². The Morgan fingerprint density at radius 3 is 2.32 bits per heavy atom. The van der Waals surface area contributed by atoms with Crippen LogP contribution >= 0.6 is 0 Å². The minimum Gasteiger partial charge on any atom is -0.393 e. The molecule has 1 saturated heterocycles. The Hall–Kier alpha value is -0.450. The molecular weight excluding hydrogens is 388 g/mol. The van der Waals surface area contributed by atoms with Crippen molar-refractivity contribution in [2.75, 3.05) is 0 Å². The molecule has 6 rings (SSSR count). The van der Waals surface area contributed by atoms with Gasteiger partial charge in [-0.2, -0.15) is 0 Å². The van der Waals surface area contributed by atoms with Crippen LogP contribution in [0.1, 0.15) is 86.0 Å². The maximum atomic E-state index is 11.9. The molecule has 1 aliphatic heterocycles. The van der Waals surface area contributed by atoms with Crippen LogP contribution in [0.5, 0.6) is 0 Å². The maximum absolute atomic E-state index is 11.9. The van der Waals surface area contributed by atoms with E-state index < -0.39 is 6.10 Å². The first-order valence-electron chi connectivity index (χ1n) is 13.0. The van der Waals surface area contributed by atoms with E-state index in [9.17, 15) is 15.0 Å². The lowest BCUT2D eigenvalue weighted by Crippen LogP contribution is -2.59. The van der Waals surface area contributed by atoms with Crippen LogP contribution in [-0.2, 0) is 9.53 Å². The zero-order chi connectivity index (χ0) is 22.2. The lowest BCUT2D eigenvalue weighted by atomic mass is 9.41. The van der Waals surface area contributed by atoms with Gasteiger partial charge in [-0.1, -0.05) is 34.6 Å². The summed E-state index contributed by atoms with van der Waals surface area (Å²) in [5.74, 6) is 1.85. The summed E-state index contributed by atoms with van der Waals surface area (Å²) in [5, 5.41) is 22.7. The van der Waals surface area contributed by atoms with Gasteiger partial charge in [0.05, 0.1) is 18.3 Å². The number of fused-ring (bicyclic) bond motifs is 4. The summed E-state index contributed by atoms with van der Waals surface area (Å²) in [6.45, 7) is 11.7. The van der Waals surface area contributed by atoms with Crippen LogP contribution in [0.3, 0.4) is 0 Å². The zero-order valence-electron chi connectivity index (χ0n) is 20.1. The molecule has 0 bridgehead atoms. The summed E-state index contributed by atoms with van der Waals surface area (Å²) in [6.07, 6.45) is 8.65. The highest BCUT2D eigenvalue weighted by Crippen LogP contribution is 2.89. The lowest BCUT2D eigenvalue weighted by molar-refractivity contribution is -0.182. The normalized spacial score (nSPS) is 63.7. The number of hydrogen-bond acceptors (Lipinski definition) is 4. The second-order valence-electron chi connectivity index (χ2n) is 13.7. The Balaban J connectivity index is 1.41. The number of aliphatic hydroxyl groups is 2. The summed E-state index contributed by atoms with van der Waals surface area (Å²) in [5.41, 5.74) is 0.588. The summed E-state index contributed by atoms with van der Waals surface area (Å²) >= 11 is 0. The third-order valence-corrected chi connectivity index (χ3v) is 13.0. The fourth-order valence-corrected chi connectivity index (χ4v) is 11.4. The van der Waals surface area contributed by atoms with E-state index in [1.807, 2.05) is 0 Å². The molecule has 2 spiro atoms. The van der Waals surface area contributed by atoms with Gasteiger partial charge in [0.1, 0.15) is 12.4 Å². The van der Waals surface area contributed by atoms with Crippen molar-refractivity contribution in [1.29, 1.82) is 0 Å². The summed E-state index contributed by atoms with van der Waals surface area (Å²) in [7, 11) is 0. The van der Waals surface area contributed by atoms with Gasteiger partial charge in [0.2, 0.25) is 0 Å². The molecular formula is C27H42O4. The SMILES string of the molecule is C[C@@H]1C[C@H](C=O)O[C@H]2[C@H]1[C@@]1(C)CC[C@@]34CC35CC[C@H](O)C(C)(C)[C@@H]5CC[C@H]4[C@]1(C)[C@H]2O. The predicted molar refractivity (Wildman–Crippen MR) is 118 cm³/mol. The predicted octanol–water partition coefficient (Wildman–Crippen LogP) is 4.36. The number of rotatable bonds is 1. The third kappa shape index (κ3) is 2.09. The number of ether oxygens (including phenoxy) is 1. The van der Waals surface area contributed by atoms with Crippen molar-refractivity contribution in [2.45, 2.75) is 110 Å². The lowest BCUT2D eigenvalue weighted by Gasteiger charge is -2.63. The highest BCUT2D eigenvalue weighted by Gasteiger charge is 2.84. The summed E-state index contributed by atoms with van der Waals surface area (Å²) in [6, 6.07) is 0. The summed E-state index contributed by atoms with van der Waals surface area (Å²) < 4.78 is 6.29. The molecule has 31 heavy (non-hydrogen) atoms. The molecule has 6 aliphatic rings. The van der Waals surface area contributed by atoms with Gasteiger partial charge < -0.3 is 19.7 Å². The van der Waals surface area contributed by atoms with Crippen LogP contribution in [0, 0.1) is 50.7 Å². The molecule has 0 aromatic heterocycles. The first-order valence-corrected chi connectivity index (χ1v) is 13.0. The van der Waals surface area contributed by atoms with E-state index in [-0.39, 0.29) is 34.6 Å². The molecule has 0 aromatic rings. The molecule has 174 valence electrons. The topological polar surface area (TPSA) is 66.8 Å². The van der Waals surface area contributed by atoms with E-state index in [4.69, 9.17) is 4.74 Å². The molecule has 6 fully saturated rings. The largest absolute Gasteiger partial charge is 0.393 e. The molecule has 4 nitrogen and oxygen atoms in total. The van der Waals surface area contributed by atoms with Gasteiger partial charge in [-0.05, 0) is 96.7 Å². The Morgan fingerprint density at radius 1 is 0.935 bits per heavy atom. The van der Waals surface area contributed by atoms with Crippen LogP contribution in [0.25, 0.3) is 0 Å². The van der Waals surface area contributed by atoms with Crippen molar-refractivity contribution in [2.24, 2.45) is 50.7 Å². The van der Waals surface area contributed by atoms with Gasteiger partial charge in [-0.25, -0.2) is 0 Å². The van der Waals surface area contributed by atoms with E-state index >= 15 is 0 Å². The van der Waals surface area contributed by atoms with E-state index in [0.717, 1.165) is 38.4 Å². The minimum atomic E-state index is -0.494. The monoisotopic (exact) mass is 430 g/mol. The number of hydrogen-bond donors (Lipinski definition) is 2. The zero-order valence-corrected chi connectivity index (χ0v) is 20.1. The van der Waals surface area contributed by atoms with Crippen molar-refractivity contribution >= 4 is 6.29 Å². The molecule has 1 unspecified atom stereocenters. The Bertz CT molecular complexity index is 809. The fourth-order valence-electron chi connectivity index (χ4n) is 11.4. The summed E-state index contributed by atoms with van der Waals surface area (Å²) in [4.78, 5) is 11.6. The number of aldehydes is 1. The molecule has 0 amide bonds. The molecule has 0 radical (unpaired) electrons. The smallest absolute Gasteiger partial charge is 0.148 e. The van der Waals surface area contributed by atoms with Crippen LogP contribution in [0.2, 0.25) is 0 Å². The van der Waals surface area contributed by atoms with Crippen LogP contribution in [0.15, 0.2) is 0 Å². The van der Waals surface area contributed by atoms with Crippen molar-refractivity contribution in [3.8, 4) is 0 Å². The molecule has 12 atom stereocenters. The van der Waals surface area contributed by atoms with Crippen molar-refractivity contribution in [3.63, 3.8) is 0 Å². The second kappa shape index (κ2) is 5.96. The quantitative estimate of drug-likeness (QED) is 0.607. The minimum absolute atomic E-state index is 0.00847. The Kier molecular flexibility index (Phi) is 4.06. The van der Waals surface area contributed by atoms with E-state index in [1.165, 1.54) is 19.3 Å². The van der Waals surface area contributed by atoms with Gasteiger partial charge in [-0.3, -0.25) is 0 Å². The highest BCUT2D eigenvalue weighted by atomic mass is 16.5. The van der Waals surface area contributed by atoms with Gasteiger partial charge in [0.15, 0.2) is 0 Å². The van der Waals surface area contributed by atoms with Gasteiger partial charge in [-0.15, -0.1) is 0 Å². The van der Waals surface area contributed by atoms with Crippen molar-refractivity contribution in [3.05, 3.63) is 0 Å². The van der Waals surface area contributed by atoms with Crippen LogP contribution in [0.4, 0.5) is 0 Å². The number of aliphatic hydroxyl groups excluding tert-OH is 2. The first-order chi connectivity index (χ1) is 14.5. The standard InChI is InChI=1S/C27H42O4/c1-15-12-16(13-28)31-21-20(15)24(4)10-11-27-14-26(27)9-8-19(29)23(2,3)17(26)6-7-18(27)25(24,5)22(21)30/h13,15-22,29-30H,6-12,14H2,1-5H3/t15-,16-,17+,18+,19+,20+,21+,22+,24-,25-,26?,27+/m1/s1. The molecule has 5 saturated carbocycles. The van der Waals surface area contributed by atoms with E-state index in [0.29, 0.717) is 34.5 Å². The molecule has 5 aliphatic carbocycles.